The second-order valence-corrected chi connectivity index (χ2v) is 4.50. The van der Waals surface area contributed by atoms with Crippen molar-refractivity contribution in [1.82, 2.24) is 20.2 Å². The maximum Gasteiger partial charge on any atom is 0.0925 e. The predicted molar refractivity (Wildman–Crippen MR) is 66.9 cm³/mol. The summed E-state index contributed by atoms with van der Waals surface area (Å²) in [5, 5.41) is 3.55. The van der Waals surface area contributed by atoms with Crippen LogP contribution in [0.4, 0.5) is 0 Å². The van der Waals surface area contributed by atoms with Gasteiger partial charge in [0, 0.05) is 39.2 Å². The number of hydrogen-bond acceptors (Lipinski definition) is 4. The number of ether oxygens (including phenoxy) is 1. The van der Waals surface area contributed by atoms with Crippen molar-refractivity contribution in [3.8, 4) is 0 Å². The van der Waals surface area contributed by atoms with Crippen molar-refractivity contribution in [1.29, 1.82) is 0 Å². The average molecular weight is 238 g/mol. The highest BCUT2D eigenvalue weighted by Crippen LogP contribution is 2.12. The lowest BCUT2D eigenvalue weighted by molar-refractivity contribution is 0.142. The standard InChI is InChI=1S/C12H22N4O/c1-3-16(4-5-17-2)8-10-6-11-12(7-13-10)15-9-14-11/h9-10,13H,3-8H2,1-2H3,(H,14,15). The quantitative estimate of drug-likeness (QED) is 0.753. The summed E-state index contributed by atoms with van der Waals surface area (Å²) in [6, 6.07) is 0.502. The fourth-order valence-corrected chi connectivity index (χ4v) is 2.27. The van der Waals surface area contributed by atoms with Crippen LogP contribution in [-0.2, 0) is 17.7 Å². The molecule has 1 aromatic rings. The lowest BCUT2D eigenvalue weighted by Crippen LogP contribution is -2.45. The average Bonchev–Trinajstić information content (AvgIpc) is 2.81. The van der Waals surface area contributed by atoms with E-state index in [1.807, 2.05) is 0 Å². The van der Waals surface area contributed by atoms with Crippen molar-refractivity contribution in [2.75, 3.05) is 33.4 Å². The van der Waals surface area contributed by atoms with Crippen LogP contribution < -0.4 is 5.32 Å². The van der Waals surface area contributed by atoms with Gasteiger partial charge in [-0.05, 0) is 6.54 Å². The fourth-order valence-electron chi connectivity index (χ4n) is 2.27. The zero-order valence-corrected chi connectivity index (χ0v) is 10.7. The van der Waals surface area contributed by atoms with Crippen LogP contribution in [0.2, 0.25) is 0 Å². The van der Waals surface area contributed by atoms with E-state index < -0.39 is 0 Å². The number of methoxy groups -OCH3 is 1. The van der Waals surface area contributed by atoms with Crippen molar-refractivity contribution in [2.24, 2.45) is 0 Å². The van der Waals surface area contributed by atoms with Crippen LogP contribution in [0.25, 0.3) is 0 Å². The number of nitrogens with one attached hydrogen (secondary N) is 2. The van der Waals surface area contributed by atoms with Crippen LogP contribution in [-0.4, -0.2) is 54.3 Å². The van der Waals surface area contributed by atoms with Crippen LogP contribution >= 0.6 is 0 Å². The van der Waals surface area contributed by atoms with E-state index in [-0.39, 0.29) is 0 Å². The molecular weight excluding hydrogens is 216 g/mol. The molecule has 0 radical (unpaired) electrons. The minimum atomic E-state index is 0.502. The third-order valence-electron chi connectivity index (χ3n) is 3.35. The normalized spacial score (nSPS) is 19.6. The number of nitrogens with zero attached hydrogens (tertiary/aromatic N) is 2. The van der Waals surface area contributed by atoms with E-state index in [0.717, 1.165) is 39.2 Å². The van der Waals surface area contributed by atoms with E-state index in [9.17, 15) is 0 Å². The van der Waals surface area contributed by atoms with E-state index in [4.69, 9.17) is 4.74 Å². The van der Waals surface area contributed by atoms with Gasteiger partial charge in [0.2, 0.25) is 0 Å². The van der Waals surface area contributed by atoms with Crippen LogP contribution in [0.15, 0.2) is 6.33 Å². The number of rotatable bonds is 6. The van der Waals surface area contributed by atoms with Crippen molar-refractivity contribution in [2.45, 2.75) is 25.9 Å². The molecule has 0 saturated carbocycles. The molecule has 96 valence electrons. The molecule has 0 spiro atoms. The molecule has 1 atom stereocenters. The van der Waals surface area contributed by atoms with E-state index in [1.54, 1.807) is 13.4 Å². The van der Waals surface area contributed by atoms with Crippen LogP contribution in [0.1, 0.15) is 18.3 Å². The smallest absolute Gasteiger partial charge is 0.0925 e. The molecule has 0 saturated heterocycles. The maximum atomic E-state index is 5.13. The third-order valence-corrected chi connectivity index (χ3v) is 3.35. The van der Waals surface area contributed by atoms with Crippen LogP contribution in [0, 0.1) is 0 Å². The molecule has 0 fully saturated rings. The molecule has 5 heteroatoms. The Kier molecular flexibility index (Phi) is 4.53. The molecule has 1 aliphatic rings. The van der Waals surface area contributed by atoms with Gasteiger partial charge in [-0.3, -0.25) is 4.90 Å². The Bertz CT molecular complexity index is 339. The summed E-state index contributed by atoms with van der Waals surface area (Å²) in [6.07, 6.45) is 2.81. The summed E-state index contributed by atoms with van der Waals surface area (Å²) in [5.74, 6) is 0. The summed E-state index contributed by atoms with van der Waals surface area (Å²) in [6.45, 7) is 7.02. The molecular formula is C12H22N4O. The molecule has 2 heterocycles. The van der Waals surface area contributed by atoms with E-state index in [2.05, 4.69) is 27.1 Å². The lowest BCUT2D eigenvalue weighted by Gasteiger charge is -2.29. The van der Waals surface area contributed by atoms with Gasteiger partial charge in [-0.2, -0.15) is 0 Å². The van der Waals surface area contributed by atoms with Gasteiger partial charge in [0.05, 0.1) is 24.3 Å². The number of fused-ring (bicyclic) bond motifs is 1. The Morgan fingerprint density at radius 3 is 3.24 bits per heavy atom. The number of imidazole rings is 1. The number of aromatic amines is 1. The Hall–Kier alpha value is -0.910. The minimum absolute atomic E-state index is 0.502. The number of H-pyrrole nitrogens is 1. The Balaban J connectivity index is 1.83. The zero-order chi connectivity index (χ0) is 12.1. The largest absolute Gasteiger partial charge is 0.383 e. The van der Waals surface area contributed by atoms with Crippen LogP contribution in [0.5, 0.6) is 0 Å². The highest BCUT2D eigenvalue weighted by molar-refractivity contribution is 5.15. The molecule has 0 bridgehead atoms. The Morgan fingerprint density at radius 1 is 1.59 bits per heavy atom. The molecule has 1 aromatic heterocycles. The molecule has 1 aliphatic heterocycles. The fraction of sp³-hybridized carbons (Fsp3) is 0.750. The molecule has 0 amide bonds. The maximum absolute atomic E-state index is 5.13. The van der Waals surface area contributed by atoms with Gasteiger partial charge in [-0.15, -0.1) is 0 Å². The van der Waals surface area contributed by atoms with Gasteiger partial charge in [-0.25, -0.2) is 4.98 Å². The van der Waals surface area contributed by atoms with Gasteiger partial charge >= 0.3 is 0 Å². The van der Waals surface area contributed by atoms with Crippen LogP contribution in [0.3, 0.4) is 0 Å². The Labute approximate surface area is 103 Å². The van der Waals surface area contributed by atoms with E-state index in [0.29, 0.717) is 6.04 Å². The number of likely N-dealkylation sites (N-methyl/N-ethyl adjacent to an activating group) is 1. The molecule has 1 unspecified atom stereocenters. The summed E-state index contributed by atoms with van der Waals surface area (Å²) in [4.78, 5) is 9.95. The first kappa shape index (κ1) is 12.5. The molecule has 5 nitrogen and oxygen atoms in total. The van der Waals surface area contributed by atoms with Gasteiger partial charge in [-0.1, -0.05) is 6.92 Å². The summed E-state index contributed by atoms with van der Waals surface area (Å²) in [5.41, 5.74) is 2.46. The first-order chi connectivity index (χ1) is 8.33. The summed E-state index contributed by atoms with van der Waals surface area (Å²) < 4.78 is 5.13. The van der Waals surface area contributed by atoms with Gasteiger partial charge in [0.25, 0.3) is 0 Å². The van der Waals surface area contributed by atoms with Gasteiger partial charge < -0.3 is 15.0 Å². The molecule has 17 heavy (non-hydrogen) atoms. The van der Waals surface area contributed by atoms with Crippen molar-refractivity contribution in [3.63, 3.8) is 0 Å². The molecule has 0 aliphatic carbocycles. The number of hydrogen-bond donors (Lipinski definition) is 2. The lowest BCUT2D eigenvalue weighted by atomic mass is 10.1. The van der Waals surface area contributed by atoms with Gasteiger partial charge in [0.15, 0.2) is 0 Å². The first-order valence-electron chi connectivity index (χ1n) is 6.29. The second-order valence-electron chi connectivity index (χ2n) is 4.50. The highest BCUT2D eigenvalue weighted by Gasteiger charge is 2.21. The van der Waals surface area contributed by atoms with Gasteiger partial charge in [0.1, 0.15) is 0 Å². The van der Waals surface area contributed by atoms with Crippen molar-refractivity contribution in [3.05, 3.63) is 17.7 Å². The van der Waals surface area contributed by atoms with E-state index >= 15 is 0 Å². The first-order valence-corrected chi connectivity index (χ1v) is 6.29. The van der Waals surface area contributed by atoms with Crippen molar-refractivity contribution < 1.29 is 4.74 Å². The Morgan fingerprint density at radius 2 is 2.47 bits per heavy atom. The minimum Gasteiger partial charge on any atom is -0.383 e. The zero-order valence-electron chi connectivity index (χ0n) is 10.7. The SMILES string of the molecule is CCN(CCOC)CC1Cc2nc[nH]c2CN1. The predicted octanol–water partition coefficient (Wildman–Crippen LogP) is 0.392. The summed E-state index contributed by atoms with van der Waals surface area (Å²) in [7, 11) is 1.75. The second kappa shape index (κ2) is 6.14. The molecule has 2 N–H and O–H groups in total. The molecule has 0 aromatic carbocycles. The third kappa shape index (κ3) is 3.28. The number of aromatic nitrogens is 2. The highest BCUT2D eigenvalue weighted by atomic mass is 16.5. The molecule has 2 rings (SSSR count). The van der Waals surface area contributed by atoms with Crippen molar-refractivity contribution >= 4 is 0 Å². The van der Waals surface area contributed by atoms with E-state index in [1.165, 1.54) is 11.4 Å². The topological polar surface area (TPSA) is 53.2 Å². The summed E-state index contributed by atoms with van der Waals surface area (Å²) >= 11 is 0. The monoisotopic (exact) mass is 238 g/mol.